The second kappa shape index (κ2) is 7.62. The number of phenolic OH excluding ortho intramolecular Hbond substituents is 2. The van der Waals surface area contributed by atoms with E-state index < -0.39 is 5.41 Å². The van der Waals surface area contributed by atoms with Crippen LogP contribution in [0.5, 0.6) is 23.0 Å². The standard InChI is InChI=1S/C33H22O3/c34-29-15-7-13-25-23(29)17-19-27-31(25)36-32-26-14-8-16-30(35)24(26)18-20-28(32)33(27,21-9-3-1-4-10-21)22-11-5-2-6-12-22/h1-20,34-35H. The van der Waals surface area contributed by atoms with Gasteiger partial charge in [0.05, 0.1) is 5.41 Å². The summed E-state index contributed by atoms with van der Waals surface area (Å²) in [5.74, 6) is 1.84. The maximum Gasteiger partial charge on any atom is 0.140 e. The van der Waals surface area contributed by atoms with E-state index in [4.69, 9.17) is 4.74 Å². The number of aromatic hydroxyl groups is 2. The molecule has 0 saturated carbocycles. The quantitative estimate of drug-likeness (QED) is 0.272. The Kier molecular flexibility index (Phi) is 4.36. The molecule has 2 N–H and O–H groups in total. The Hall–Kier alpha value is -4.76. The van der Waals surface area contributed by atoms with Crippen LogP contribution in [0.25, 0.3) is 21.5 Å². The van der Waals surface area contributed by atoms with Gasteiger partial charge in [0.25, 0.3) is 0 Å². The van der Waals surface area contributed by atoms with Gasteiger partial charge >= 0.3 is 0 Å². The van der Waals surface area contributed by atoms with Gasteiger partial charge in [-0.2, -0.15) is 0 Å². The fourth-order valence-corrected chi connectivity index (χ4v) is 5.85. The molecule has 0 spiro atoms. The molecule has 0 unspecified atom stereocenters. The number of rotatable bonds is 2. The first-order chi connectivity index (χ1) is 17.7. The summed E-state index contributed by atoms with van der Waals surface area (Å²) in [7, 11) is 0. The van der Waals surface area contributed by atoms with Crippen molar-refractivity contribution in [3.63, 3.8) is 0 Å². The average Bonchev–Trinajstić information content (AvgIpc) is 2.93. The molecule has 0 bridgehead atoms. The van der Waals surface area contributed by atoms with Crippen molar-refractivity contribution >= 4 is 21.5 Å². The van der Waals surface area contributed by atoms with E-state index in [2.05, 4.69) is 60.7 Å². The number of ether oxygens (including phenoxy) is 1. The van der Waals surface area contributed by atoms with Gasteiger partial charge in [-0.3, -0.25) is 0 Å². The molecule has 36 heavy (non-hydrogen) atoms. The molecule has 0 atom stereocenters. The van der Waals surface area contributed by atoms with E-state index in [1.807, 2.05) is 48.5 Å². The molecule has 0 aliphatic carbocycles. The number of fused-ring (bicyclic) bond motifs is 6. The van der Waals surface area contributed by atoms with Crippen LogP contribution in [-0.2, 0) is 5.41 Å². The van der Waals surface area contributed by atoms with Crippen molar-refractivity contribution in [2.75, 3.05) is 0 Å². The number of phenols is 2. The van der Waals surface area contributed by atoms with Crippen LogP contribution in [0.15, 0.2) is 121 Å². The van der Waals surface area contributed by atoms with Crippen molar-refractivity contribution < 1.29 is 14.9 Å². The van der Waals surface area contributed by atoms with Gasteiger partial charge in [0, 0.05) is 32.7 Å². The van der Waals surface area contributed by atoms with Crippen molar-refractivity contribution in [3.8, 4) is 23.0 Å². The van der Waals surface area contributed by atoms with Crippen molar-refractivity contribution in [2.45, 2.75) is 5.41 Å². The Morgan fingerprint density at radius 1 is 0.417 bits per heavy atom. The summed E-state index contributed by atoms with van der Waals surface area (Å²) in [6.07, 6.45) is 0. The largest absolute Gasteiger partial charge is 0.507 e. The van der Waals surface area contributed by atoms with E-state index in [-0.39, 0.29) is 11.5 Å². The molecule has 172 valence electrons. The maximum atomic E-state index is 10.7. The minimum atomic E-state index is -0.676. The summed E-state index contributed by atoms with van der Waals surface area (Å²) in [6, 6.07) is 40.1. The van der Waals surface area contributed by atoms with Crippen molar-refractivity contribution in [1.29, 1.82) is 0 Å². The van der Waals surface area contributed by atoms with Crippen LogP contribution in [0.1, 0.15) is 22.3 Å². The maximum absolute atomic E-state index is 10.7. The second-order valence-electron chi connectivity index (χ2n) is 9.21. The van der Waals surface area contributed by atoms with Gasteiger partial charge in [0.2, 0.25) is 0 Å². The molecule has 1 heterocycles. The topological polar surface area (TPSA) is 49.7 Å². The number of hydrogen-bond donors (Lipinski definition) is 2. The lowest BCUT2D eigenvalue weighted by atomic mass is 9.63. The Bertz CT molecular complexity index is 1640. The summed E-state index contributed by atoms with van der Waals surface area (Å²) >= 11 is 0. The number of benzene rings is 6. The summed E-state index contributed by atoms with van der Waals surface area (Å²) in [6.45, 7) is 0. The molecule has 1 aliphatic heterocycles. The van der Waals surface area contributed by atoms with Gasteiger partial charge in [0.1, 0.15) is 23.0 Å². The Labute approximate surface area is 208 Å². The van der Waals surface area contributed by atoms with Crippen LogP contribution in [0.4, 0.5) is 0 Å². The molecule has 0 radical (unpaired) electrons. The molecule has 0 amide bonds. The zero-order chi connectivity index (χ0) is 24.3. The summed E-state index contributed by atoms with van der Waals surface area (Å²) in [5.41, 5.74) is 3.56. The Balaban J connectivity index is 1.73. The van der Waals surface area contributed by atoms with Gasteiger partial charge in [-0.1, -0.05) is 109 Å². The van der Waals surface area contributed by atoms with Crippen LogP contribution in [0, 0.1) is 0 Å². The third kappa shape index (κ3) is 2.68. The number of hydrogen-bond acceptors (Lipinski definition) is 3. The molecule has 0 aromatic heterocycles. The summed E-state index contributed by atoms with van der Waals surface area (Å²) in [4.78, 5) is 0. The van der Waals surface area contributed by atoms with Gasteiger partial charge in [-0.05, 0) is 23.3 Å². The van der Waals surface area contributed by atoms with Gasteiger partial charge < -0.3 is 14.9 Å². The van der Waals surface area contributed by atoms with Crippen molar-refractivity contribution in [2.24, 2.45) is 0 Å². The first kappa shape index (κ1) is 20.6. The lowest BCUT2D eigenvalue weighted by Gasteiger charge is -2.42. The molecule has 6 aromatic carbocycles. The molecule has 0 saturated heterocycles. The average molecular weight is 467 g/mol. The lowest BCUT2D eigenvalue weighted by Crippen LogP contribution is -2.34. The van der Waals surface area contributed by atoms with Crippen LogP contribution >= 0.6 is 0 Å². The van der Waals surface area contributed by atoms with Crippen LogP contribution < -0.4 is 4.74 Å². The van der Waals surface area contributed by atoms with E-state index in [1.54, 1.807) is 12.1 Å². The van der Waals surface area contributed by atoms with Crippen molar-refractivity contribution in [1.82, 2.24) is 0 Å². The fraction of sp³-hybridized carbons (Fsp3) is 0.0303. The minimum Gasteiger partial charge on any atom is -0.507 e. The highest BCUT2D eigenvalue weighted by molar-refractivity contribution is 6.00. The molecule has 3 nitrogen and oxygen atoms in total. The zero-order valence-electron chi connectivity index (χ0n) is 19.3. The molecule has 0 fully saturated rings. The zero-order valence-corrected chi connectivity index (χ0v) is 19.3. The molecule has 1 aliphatic rings. The third-order valence-electron chi connectivity index (χ3n) is 7.40. The van der Waals surface area contributed by atoms with Crippen LogP contribution in [-0.4, -0.2) is 10.2 Å². The Morgan fingerprint density at radius 3 is 1.31 bits per heavy atom. The SMILES string of the molecule is Oc1cccc2c3c(ccc12)C(c1ccccc1)(c1ccccc1)c1ccc2c(O)cccc2c1O3. The highest BCUT2D eigenvalue weighted by Crippen LogP contribution is 2.58. The molecule has 6 aromatic rings. The summed E-state index contributed by atoms with van der Waals surface area (Å²) < 4.78 is 6.79. The first-order valence-corrected chi connectivity index (χ1v) is 12.0. The van der Waals surface area contributed by atoms with E-state index in [9.17, 15) is 10.2 Å². The molecule has 7 rings (SSSR count). The molecule has 3 heteroatoms. The monoisotopic (exact) mass is 466 g/mol. The normalized spacial score (nSPS) is 13.7. The first-order valence-electron chi connectivity index (χ1n) is 12.0. The van der Waals surface area contributed by atoms with Crippen molar-refractivity contribution in [3.05, 3.63) is 144 Å². The van der Waals surface area contributed by atoms with E-state index in [0.29, 0.717) is 11.5 Å². The third-order valence-corrected chi connectivity index (χ3v) is 7.40. The smallest absolute Gasteiger partial charge is 0.140 e. The fourth-order valence-electron chi connectivity index (χ4n) is 5.85. The predicted octanol–water partition coefficient (Wildman–Crippen LogP) is 7.89. The Morgan fingerprint density at radius 2 is 0.861 bits per heavy atom. The highest BCUT2D eigenvalue weighted by Gasteiger charge is 2.46. The highest BCUT2D eigenvalue weighted by atomic mass is 16.5. The van der Waals surface area contributed by atoms with E-state index in [0.717, 1.165) is 43.8 Å². The van der Waals surface area contributed by atoms with Gasteiger partial charge in [0.15, 0.2) is 0 Å². The lowest BCUT2D eigenvalue weighted by molar-refractivity contribution is 0.443. The van der Waals surface area contributed by atoms with Gasteiger partial charge in [-0.25, -0.2) is 0 Å². The second-order valence-corrected chi connectivity index (χ2v) is 9.21. The van der Waals surface area contributed by atoms with Crippen LogP contribution in [0.2, 0.25) is 0 Å². The summed E-state index contributed by atoms with van der Waals surface area (Å²) in [5, 5.41) is 24.5. The minimum absolute atomic E-state index is 0.213. The predicted molar refractivity (Wildman–Crippen MR) is 143 cm³/mol. The molecular formula is C33H22O3. The van der Waals surface area contributed by atoms with Crippen LogP contribution in [0.3, 0.4) is 0 Å². The molecular weight excluding hydrogens is 444 g/mol. The van der Waals surface area contributed by atoms with E-state index in [1.165, 1.54) is 0 Å². The van der Waals surface area contributed by atoms with E-state index >= 15 is 0 Å². The van der Waals surface area contributed by atoms with Gasteiger partial charge in [-0.15, -0.1) is 0 Å².